The lowest BCUT2D eigenvalue weighted by Gasteiger charge is -2.09. The van der Waals surface area contributed by atoms with Crippen molar-refractivity contribution in [3.8, 4) is 11.8 Å². The Morgan fingerprint density at radius 1 is 1.33 bits per heavy atom. The van der Waals surface area contributed by atoms with Crippen LogP contribution in [0.25, 0.3) is 0 Å². The van der Waals surface area contributed by atoms with Crippen LogP contribution >= 0.6 is 11.8 Å². The van der Waals surface area contributed by atoms with Gasteiger partial charge in [-0.25, -0.2) is 0 Å². The molecule has 2 rings (SSSR count). The van der Waals surface area contributed by atoms with Gasteiger partial charge in [0, 0.05) is 4.90 Å². The molecule has 1 aromatic carbocycles. The Morgan fingerprint density at radius 3 is 2.89 bits per heavy atom. The lowest BCUT2D eigenvalue weighted by atomic mass is 10.2. The molecule has 92 valence electrons. The molecule has 0 N–H and O–H groups in total. The van der Waals surface area contributed by atoms with E-state index in [9.17, 15) is 5.26 Å². The first kappa shape index (κ1) is 12.6. The summed E-state index contributed by atoms with van der Waals surface area (Å²) in [7, 11) is 0. The summed E-state index contributed by atoms with van der Waals surface area (Å²) in [5.41, 5.74) is 0.593. The van der Waals surface area contributed by atoms with Crippen LogP contribution in [-0.4, -0.2) is 5.75 Å². The Morgan fingerprint density at radius 2 is 2.22 bits per heavy atom. The molecule has 0 atom stereocenters. The molecule has 0 fully saturated rings. The van der Waals surface area contributed by atoms with Gasteiger partial charge in [0.15, 0.2) is 0 Å². The molecule has 3 nitrogen and oxygen atoms in total. The summed E-state index contributed by atoms with van der Waals surface area (Å²) in [6.07, 6.45) is 1.60. The molecular weight excluding hydrogens is 246 g/mol. The molecule has 2 aromatic rings. The van der Waals surface area contributed by atoms with Gasteiger partial charge in [-0.15, -0.1) is 11.8 Å². The fraction of sp³-hybridized carbons (Fsp3) is 0.214. The standard InChI is InChI=1S/C14H13NO2S/c1-2-18-14-7-3-6-13(12(14)9-15)17-10-11-5-4-8-16-11/h3-8H,2,10H2,1H3. The van der Waals surface area contributed by atoms with Crippen LogP contribution in [0.1, 0.15) is 18.2 Å². The SMILES string of the molecule is CCSc1cccc(OCc2ccco2)c1C#N. The molecule has 0 unspecified atom stereocenters. The Bertz CT molecular complexity index is 543. The van der Waals surface area contributed by atoms with Crippen molar-refractivity contribution < 1.29 is 9.15 Å². The third-order valence-corrected chi connectivity index (χ3v) is 3.29. The van der Waals surface area contributed by atoms with Crippen LogP contribution in [0.3, 0.4) is 0 Å². The number of rotatable bonds is 5. The van der Waals surface area contributed by atoms with Gasteiger partial charge in [0.2, 0.25) is 0 Å². The zero-order valence-electron chi connectivity index (χ0n) is 10.1. The van der Waals surface area contributed by atoms with E-state index in [1.165, 1.54) is 0 Å². The fourth-order valence-electron chi connectivity index (χ4n) is 1.56. The van der Waals surface area contributed by atoms with Crippen molar-refractivity contribution >= 4 is 11.8 Å². The van der Waals surface area contributed by atoms with Gasteiger partial charge < -0.3 is 9.15 Å². The number of nitriles is 1. The highest BCUT2D eigenvalue weighted by Crippen LogP contribution is 2.29. The largest absolute Gasteiger partial charge is 0.484 e. The third kappa shape index (κ3) is 2.88. The van der Waals surface area contributed by atoms with Crippen LogP contribution in [0.4, 0.5) is 0 Å². The van der Waals surface area contributed by atoms with Crippen molar-refractivity contribution in [1.82, 2.24) is 0 Å². The number of hydrogen-bond donors (Lipinski definition) is 0. The Labute approximate surface area is 110 Å². The first-order valence-corrected chi connectivity index (χ1v) is 6.64. The molecule has 0 aliphatic rings. The van der Waals surface area contributed by atoms with Crippen molar-refractivity contribution in [3.63, 3.8) is 0 Å². The minimum atomic E-state index is 0.335. The minimum absolute atomic E-state index is 0.335. The molecule has 0 aliphatic heterocycles. The Hall–Kier alpha value is -1.86. The van der Waals surface area contributed by atoms with Crippen molar-refractivity contribution in [2.45, 2.75) is 18.4 Å². The summed E-state index contributed by atoms with van der Waals surface area (Å²) in [6.45, 7) is 2.39. The fourth-order valence-corrected chi connectivity index (χ4v) is 2.34. The Kier molecular flexibility index (Phi) is 4.32. The zero-order chi connectivity index (χ0) is 12.8. The predicted molar refractivity (Wildman–Crippen MR) is 70.6 cm³/mol. The second-order valence-corrected chi connectivity index (χ2v) is 4.85. The number of ether oxygens (including phenoxy) is 1. The smallest absolute Gasteiger partial charge is 0.146 e. The monoisotopic (exact) mass is 259 g/mol. The highest BCUT2D eigenvalue weighted by molar-refractivity contribution is 7.99. The van der Waals surface area contributed by atoms with Crippen LogP contribution in [0.15, 0.2) is 45.9 Å². The molecule has 0 amide bonds. The number of benzene rings is 1. The maximum absolute atomic E-state index is 9.22. The van der Waals surface area contributed by atoms with Crippen LogP contribution in [0.2, 0.25) is 0 Å². The minimum Gasteiger partial charge on any atom is -0.484 e. The van der Waals surface area contributed by atoms with E-state index < -0.39 is 0 Å². The van der Waals surface area contributed by atoms with E-state index in [0.717, 1.165) is 16.4 Å². The van der Waals surface area contributed by atoms with Crippen molar-refractivity contribution in [1.29, 1.82) is 5.26 Å². The van der Waals surface area contributed by atoms with Crippen LogP contribution in [-0.2, 0) is 6.61 Å². The Balaban J connectivity index is 2.17. The van der Waals surface area contributed by atoms with Crippen molar-refractivity contribution in [3.05, 3.63) is 47.9 Å². The van der Waals surface area contributed by atoms with E-state index in [2.05, 4.69) is 13.0 Å². The average molecular weight is 259 g/mol. The molecule has 4 heteroatoms. The maximum Gasteiger partial charge on any atom is 0.146 e. The molecule has 0 saturated heterocycles. The lowest BCUT2D eigenvalue weighted by molar-refractivity contribution is 0.269. The molecule has 1 aromatic heterocycles. The van der Waals surface area contributed by atoms with Gasteiger partial charge in [0.1, 0.15) is 29.7 Å². The predicted octanol–water partition coefficient (Wildman–Crippen LogP) is 3.84. The molecule has 18 heavy (non-hydrogen) atoms. The zero-order valence-corrected chi connectivity index (χ0v) is 10.9. The third-order valence-electron chi connectivity index (χ3n) is 2.35. The number of furan rings is 1. The number of thioether (sulfide) groups is 1. The van der Waals surface area contributed by atoms with Gasteiger partial charge in [-0.3, -0.25) is 0 Å². The molecule has 0 radical (unpaired) electrons. The average Bonchev–Trinajstić information content (AvgIpc) is 2.90. The van der Waals surface area contributed by atoms with Gasteiger partial charge >= 0.3 is 0 Å². The highest BCUT2D eigenvalue weighted by Gasteiger charge is 2.09. The highest BCUT2D eigenvalue weighted by atomic mass is 32.2. The summed E-state index contributed by atoms with van der Waals surface area (Å²) >= 11 is 1.64. The summed E-state index contributed by atoms with van der Waals surface area (Å²) in [6, 6.07) is 11.5. The topological polar surface area (TPSA) is 46.2 Å². The molecule has 0 spiro atoms. The van der Waals surface area contributed by atoms with E-state index in [4.69, 9.17) is 9.15 Å². The van der Waals surface area contributed by atoms with E-state index >= 15 is 0 Å². The van der Waals surface area contributed by atoms with E-state index in [1.807, 2.05) is 24.3 Å². The molecule has 0 saturated carbocycles. The summed E-state index contributed by atoms with van der Waals surface area (Å²) in [5, 5.41) is 9.22. The van der Waals surface area contributed by atoms with Crippen molar-refractivity contribution in [2.24, 2.45) is 0 Å². The summed E-state index contributed by atoms with van der Waals surface area (Å²) < 4.78 is 10.8. The van der Waals surface area contributed by atoms with Gasteiger partial charge in [-0.05, 0) is 30.0 Å². The van der Waals surface area contributed by atoms with E-state index in [-0.39, 0.29) is 0 Å². The molecular formula is C14H13NO2S. The molecule has 1 heterocycles. The quantitative estimate of drug-likeness (QED) is 0.765. The lowest BCUT2D eigenvalue weighted by Crippen LogP contribution is -1.97. The van der Waals surface area contributed by atoms with E-state index in [0.29, 0.717) is 17.9 Å². The van der Waals surface area contributed by atoms with Gasteiger partial charge in [-0.2, -0.15) is 5.26 Å². The maximum atomic E-state index is 9.22. The normalized spacial score (nSPS) is 10.0. The molecule has 0 bridgehead atoms. The first-order valence-electron chi connectivity index (χ1n) is 5.66. The van der Waals surface area contributed by atoms with Gasteiger partial charge in [0.25, 0.3) is 0 Å². The van der Waals surface area contributed by atoms with Crippen LogP contribution in [0.5, 0.6) is 5.75 Å². The van der Waals surface area contributed by atoms with Crippen LogP contribution < -0.4 is 4.74 Å². The molecule has 0 aliphatic carbocycles. The summed E-state index contributed by atoms with van der Waals surface area (Å²) in [5.74, 6) is 2.27. The van der Waals surface area contributed by atoms with Crippen molar-refractivity contribution in [2.75, 3.05) is 5.75 Å². The first-order chi connectivity index (χ1) is 8.85. The van der Waals surface area contributed by atoms with Gasteiger partial charge in [0.05, 0.1) is 6.26 Å². The van der Waals surface area contributed by atoms with Crippen LogP contribution in [0, 0.1) is 11.3 Å². The number of hydrogen-bond acceptors (Lipinski definition) is 4. The van der Waals surface area contributed by atoms with Gasteiger partial charge in [-0.1, -0.05) is 13.0 Å². The second-order valence-electron chi connectivity index (χ2n) is 3.54. The summed E-state index contributed by atoms with van der Waals surface area (Å²) in [4.78, 5) is 0.956. The van der Waals surface area contributed by atoms with E-state index in [1.54, 1.807) is 24.1 Å². The number of nitrogens with zero attached hydrogens (tertiary/aromatic N) is 1. The second kappa shape index (κ2) is 6.18.